The van der Waals surface area contributed by atoms with E-state index < -0.39 is 0 Å². The molecule has 0 aliphatic carbocycles. The Morgan fingerprint density at radius 3 is 2.26 bits per heavy atom. The third-order valence-electron chi connectivity index (χ3n) is 3.15. The maximum Gasteiger partial charge on any atom is 0.0233 e. The summed E-state index contributed by atoms with van der Waals surface area (Å²) in [7, 11) is 4.30. The Labute approximate surface area is 123 Å². The summed E-state index contributed by atoms with van der Waals surface area (Å²) in [6.07, 6.45) is 4.72. The summed E-state index contributed by atoms with van der Waals surface area (Å²) < 4.78 is 0. The molecule has 0 atom stereocenters. The first-order valence-corrected chi connectivity index (χ1v) is 8.51. The highest BCUT2D eigenvalue weighted by Crippen LogP contribution is 2.07. The number of thioether (sulfide) groups is 1. The Morgan fingerprint density at radius 2 is 1.63 bits per heavy atom. The molecule has 0 heterocycles. The second kappa shape index (κ2) is 10.3. The molecule has 2 nitrogen and oxygen atoms in total. The molecule has 19 heavy (non-hydrogen) atoms. The van der Waals surface area contributed by atoms with Crippen LogP contribution in [0.5, 0.6) is 0 Å². The smallest absolute Gasteiger partial charge is 0.0233 e. The molecule has 108 valence electrons. The zero-order chi connectivity index (χ0) is 13.9. The van der Waals surface area contributed by atoms with Gasteiger partial charge in [0.05, 0.1) is 0 Å². The first-order valence-electron chi connectivity index (χ1n) is 7.12. The monoisotopic (exact) mass is 280 g/mol. The molecule has 0 aliphatic heterocycles. The van der Waals surface area contributed by atoms with Gasteiger partial charge >= 0.3 is 0 Å². The van der Waals surface area contributed by atoms with Crippen molar-refractivity contribution in [2.75, 3.05) is 45.7 Å². The Kier molecular flexibility index (Phi) is 8.97. The van der Waals surface area contributed by atoms with Crippen LogP contribution in [0, 0.1) is 0 Å². The maximum absolute atomic E-state index is 2.59. The molecule has 0 spiro atoms. The predicted molar refractivity (Wildman–Crippen MR) is 87.9 cm³/mol. The average molecular weight is 280 g/mol. The van der Waals surface area contributed by atoms with E-state index in [0.29, 0.717) is 0 Å². The van der Waals surface area contributed by atoms with Gasteiger partial charge in [-0.3, -0.25) is 4.90 Å². The van der Waals surface area contributed by atoms with Gasteiger partial charge in [0.25, 0.3) is 0 Å². The van der Waals surface area contributed by atoms with Crippen molar-refractivity contribution in [3.63, 3.8) is 0 Å². The summed E-state index contributed by atoms with van der Waals surface area (Å²) in [6, 6.07) is 10.8. The normalized spacial score (nSPS) is 11.4. The van der Waals surface area contributed by atoms with Gasteiger partial charge in [0.2, 0.25) is 0 Å². The van der Waals surface area contributed by atoms with Gasteiger partial charge < -0.3 is 4.90 Å². The Bertz CT molecular complexity index is 314. The molecule has 0 radical (unpaired) electrons. The van der Waals surface area contributed by atoms with E-state index in [2.05, 4.69) is 60.5 Å². The van der Waals surface area contributed by atoms with Gasteiger partial charge in [-0.1, -0.05) is 30.3 Å². The number of hydrogen-bond acceptors (Lipinski definition) is 3. The van der Waals surface area contributed by atoms with Crippen LogP contribution >= 0.6 is 11.8 Å². The predicted octanol–water partition coefficient (Wildman–Crippen LogP) is 3.19. The van der Waals surface area contributed by atoms with Crippen LogP contribution in [0.2, 0.25) is 0 Å². The molecular weight excluding hydrogens is 252 g/mol. The molecule has 0 unspecified atom stereocenters. The lowest BCUT2D eigenvalue weighted by Gasteiger charge is -2.23. The molecule has 3 heteroatoms. The van der Waals surface area contributed by atoms with Crippen LogP contribution in [0.1, 0.15) is 18.4 Å². The fourth-order valence-corrected chi connectivity index (χ4v) is 2.57. The lowest BCUT2D eigenvalue weighted by molar-refractivity contribution is 0.248. The van der Waals surface area contributed by atoms with E-state index in [0.717, 1.165) is 6.54 Å². The Morgan fingerprint density at radius 1 is 0.947 bits per heavy atom. The zero-order valence-electron chi connectivity index (χ0n) is 12.6. The van der Waals surface area contributed by atoms with Crippen molar-refractivity contribution in [3.8, 4) is 0 Å². The Hall–Kier alpha value is -0.510. The van der Waals surface area contributed by atoms with Gasteiger partial charge in [0.15, 0.2) is 0 Å². The van der Waals surface area contributed by atoms with E-state index in [1.54, 1.807) is 0 Å². The highest BCUT2D eigenvalue weighted by atomic mass is 32.2. The van der Waals surface area contributed by atoms with Crippen molar-refractivity contribution in [2.45, 2.75) is 19.4 Å². The van der Waals surface area contributed by atoms with Crippen molar-refractivity contribution in [2.24, 2.45) is 0 Å². The highest BCUT2D eigenvalue weighted by molar-refractivity contribution is 7.98. The third kappa shape index (κ3) is 8.30. The summed E-state index contributed by atoms with van der Waals surface area (Å²) in [5.41, 5.74) is 1.43. The average Bonchev–Trinajstić information content (AvgIpc) is 2.39. The molecule has 1 aromatic rings. The van der Waals surface area contributed by atoms with Crippen LogP contribution in [0.15, 0.2) is 30.3 Å². The first kappa shape index (κ1) is 16.5. The van der Waals surface area contributed by atoms with Crippen molar-refractivity contribution in [3.05, 3.63) is 35.9 Å². The molecule has 0 amide bonds. The minimum Gasteiger partial charge on any atom is -0.309 e. The number of rotatable bonds is 10. The van der Waals surface area contributed by atoms with Gasteiger partial charge in [0, 0.05) is 6.54 Å². The molecule has 0 bridgehead atoms. The van der Waals surface area contributed by atoms with Crippen LogP contribution in [-0.4, -0.2) is 55.5 Å². The SMILES string of the molecule is CSCCCN(CCCN(C)C)Cc1ccccc1. The van der Waals surface area contributed by atoms with Crippen molar-refractivity contribution >= 4 is 11.8 Å². The molecule has 1 aromatic carbocycles. The quantitative estimate of drug-likeness (QED) is 0.608. The van der Waals surface area contributed by atoms with Gasteiger partial charge in [-0.2, -0.15) is 11.8 Å². The summed E-state index contributed by atoms with van der Waals surface area (Å²) in [5, 5.41) is 0. The topological polar surface area (TPSA) is 6.48 Å². The molecule has 0 saturated heterocycles. The summed E-state index contributed by atoms with van der Waals surface area (Å²) in [4.78, 5) is 4.86. The van der Waals surface area contributed by atoms with E-state index in [9.17, 15) is 0 Å². The highest BCUT2D eigenvalue weighted by Gasteiger charge is 2.05. The third-order valence-corrected chi connectivity index (χ3v) is 3.85. The second-order valence-electron chi connectivity index (χ2n) is 5.26. The fourth-order valence-electron chi connectivity index (χ4n) is 2.15. The largest absolute Gasteiger partial charge is 0.309 e. The first-order chi connectivity index (χ1) is 9.22. The van der Waals surface area contributed by atoms with Crippen molar-refractivity contribution in [1.29, 1.82) is 0 Å². The second-order valence-corrected chi connectivity index (χ2v) is 6.25. The summed E-state index contributed by atoms with van der Waals surface area (Å²) in [6.45, 7) is 4.67. The minimum absolute atomic E-state index is 1.09. The molecule has 0 saturated carbocycles. The van der Waals surface area contributed by atoms with E-state index in [1.165, 1.54) is 43.8 Å². The van der Waals surface area contributed by atoms with Gasteiger partial charge in [0.1, 0.15) is 0 Å². The van der Waals surface area contributed by atoms with Gasteiger partial charge in [-0.25, -0.2) is 0 Å². The zero-order valence-corrected chi connectivity index (χ0v) is 13.5. The van der Waals surface area contributed by atoms with Crippen molar-refractivity contribution < 1.29 is 0 Å². The van der Waals surface area contributed by atoms with Gasteiger partial charge in [-0.15, -0.1) is 0 Å². The lowest BCUT2D eigenvalue weighted by atomic mass is 10.2. The number of nitrogens with zero attached hydrogens (tertiary/aromatic N) is 2. The molecule has 0 fully saturated rings. The Balaban J connectivity index is 2.39. The van der Waals surface area contributed by atoms with Crippen LogP contribution < -0.4 is 0 Å². The summed E-state index contributed by atoms with van der Waals surface area (Å²) in [5.74, 6) is 1.26. The number of benzene rings is 1. The van der Waals surface area contributed by atoms with E-state index >= 15 is 0 Å². The molecule has 0 aliphatic rings. The van der Waals surface area contributed by atoms with Crippen LogP contribution in [0.4, 0.5) is 0 Å². The maximum atomic E-state index is 2.59. The van der Waals surface area contributed by atoms with Crippen LogP contribution in [-0.2, 0) is 6.54 Å². The van der Waals surface area contributed by atoms with Crippen LogP contribution in [0.3, 0.4) is 0 Å². The minimum atomic E-state index is 1.09. The molecule has 0 aromatic heterocycles. The van der Waals surface area contributed by atoms with E-state index in [1.807, 2.05) is 11.8 Å². The lowest BCUT2D eigenvalue weighted by Crippen LogP contribution is -2.28. The molecule has 0 N–H and O–H groups in total. The fraction of sp³-hybridized carbons (Fsp3) is 0.625. The molecule has 1 rings (SSSR count). The number of hydrogen-bond donors (Lipinski definition) is 0. The molecular formula is C16H28N2S. The van der Waals surface area contributed by atoms with Crippen LogP contribution in [0.25, 0.3) is 0 Å². The standard InChI is InChI=1S/C16H28N2S/c1-17(2)11-7-12-18(13-8-14-19-3)15-16-9-5-4-6-10-16/h4-6,9-10H,7-8,11-15H2,1-3H3. The van der Waals surface area contributed by atoms with E-state index in [4.69, 9.17) is 0 Å². The summed E-state index contributed by atoms with van der Waals surface area (Å²) >= 11 is 1.94. The van der Waals surface area contributed by atoms with Crippen molar-refractivity contribution in [1.82, 2.24) is 9.80 Å². The van der Waals surface area contributed by atoms with E-state index in [-0.39, 0.29) is 0 Å². The van der Waals surface area contributed by atoms with Gasteiger partial charge in [-0.05, 0) is 64.1 Å².